The molecule has 1 saturated heterocycles. The Morgan fingerprint density at radius 2 is 2.00 bits per heavy atom. The Kier molecular flexibility index (Phi) is 5.53. The monoisotopic (exact) mass is 343 g/mol. The van der Waals surface area contributed by atoms with Crippen LogP contribution in [0.25, 0.3) is 0 Å². The first-order chi connectivity index (χ1) is 11.6. The zero-order chi connectivity index (χ0) is 16.9. The maximum Gasteiger partial charge on any atom is 0.237 e. The van der Waals surface area contributed by atoms with Crippen LogP contribution in [0, 0.1) is 6.92 Å². The lowest BCUT2D eigenvalue weighted by atomic mass is 10.1. The normalized spacial score (nSPS) is 16.8. The topological polar surface area (TPSA) is 35.6 Å². The number of hydrogen-bond donors (Lipinski definition) is 1. The lowest BCUT2D eigenvalue weighted by Gasteiger charge is -2.38. The summed E-state index contributed by atoms with van der Waals surface area (Å²) in [6.07, 6.45) is 0. The van der Waals surface area contributed by atoms with Gasteiger partial charge in [-0.3, -0.25) is 9.69 Å². The summed E-state index contributed by atoms with van der Waals surface area (Å²) >= 11 is 1.68. The van der Waals surface area contributed by atoms with Crippen molar-refractivity contribution < 1.29 is 4.79 Å². The average Bonchev–Trinajstić information content (AvgIpc) is 3.13. The number of carbonyl (C=O) groups excluding carboxylic acids is 1. The van der Waals surface area contributed by atoms with Gasteiger partial charge in [-0.15, -0.1) is 11.3 Å². The summed E-state index contributed by atoms with van der Waals surface area (Å²) < 4.78 is 0. The van der Waals surface area contributed by atoms with E-state index in [0.717, 1.165) is 26.2 Å². The number of thiophene rings is 1. The molecule has 0 bridgehead atoms. The molecule has 0 aliphatic carbocycles. The van der Waals surface area contributed by atoms with E-state index in [2.05, 4.69) is 52.4 Å². The molecular weight excluding hydrogens is 318 g/mol. The van der Waals surface area contributed by atoms with Gasteiger partial charge in [0.15, 0.2) is 0 Å². The summed E-state index contributed by atoms with van der Waals surface area (Å²) in [5, 5.41) is 5.09. The van der Waals surface area contributed by atoms with Crippen LogP contribution in [0.4, 0.5) is 5.69 Å². The fourth-order valence-electron chi connectivity index (χ4n) is 3.09. The molecule has 1 aliphatic heterocycles. The lowest BCUT2D eigenvalue weighted by molar-refractivity contribution is -0.126. The van der Waals surface area contributed by atoms with Gasteiger partial charge in [0, 0.05) is 36.7 Å². The fourth-order valence-corrected chi connectivity index (χ4v) is 3.74. The second-order valence-corrected chi connectivity index (χ2v) is 7.37. The molecule has 1 unspecified atom stereocenters. The van der Waals surface area contributed by atoms with Gasteiger partial charge in [0.1, 0.15) is 0 Å². The molecule has 24 heavy (non-hydrogen) atoms. The van der Waals surface area contributed by atoms with Crippen LogP contribution >= 0.6 is 11.3 Å². The molecule has 3 rings (SSSR count). The number of aryl methyl sites for hydroxylation is 1. The average molecular weight is 343 g/mol. The Bertz CT molecular complexity index is 663. The van der Waals surface area contributed by atoms with Crippen molar-refractivity contribution in [2.45, 2.75) is 26.4 Å². The van der Waals surface area contributed by atoms with Crippen molar-refractivity contribution in [3.05, 3.63) is 52.2 Å². The van der Waals surface area contributed by atoms with Gasteiger partial charge in [0.2, 0.25) is 5.91 Å². The summed E-state index contributed by atoms with van der Waals surface area (Å²) in [4.78, 5) is 18.2. The van der Waals surface area contributed by atoms with Crippen molar-refractivity contribution in [1.82, 2.24) is 10.2 Å². The number of nitrogens with zero attached hydrogens (tertiary/aromatic N) is 2. The molecular formula is C19H25N3OS. The van der Waals surface area contributed by atoms with Gasteiger partial charge in [-0.1, -0.05) is 18.2 Å². The van der Waals surface area contributed by atoms with Crippen LogP contribution in [0.15, 0.2) is 41.8 Å². The van der Waals surface area contributed by atoms with Crippen molar-refractivity contribution in [3.8, 4) is 0 Å². The maximum atomic E-state index is 12.4. The maximum absolute atomic E-state index is 12.4. The number of amides is 1. The summed E-state index contributed by atoms with van der Waals surface area (Å²) in [5.41, 5.74) is 2.57. The minimum Gasteiger partial charge on any atom is -0.369 e. The largest absolute Gasteiger partial charge is 0.369 e. The minimum absolute atomic E-state index is 0.0791. The molecule has 2 aromatic rings. The highest BCUT2D eigenvalue weighted by atomic mass is 32.1. The Labute approximate surface area is 148 Å². The van der Waals surface area contributed by atoms with Crippen LogP contribution in [-0.2, 0) is 11.3 Å². The zero-order valence-corrected chi connectivity index (χ0v) is 15.2. The van der Waals surface area contributed by atoms with E-state index in [0.29, 0.717) is 6.54 Å². The van der Waals surface area contributed by atoms with Gasteiger partial charge >= 0.3 is 0 Å². The predicted molar refractivity (Wildman–Crippen MR) is 101 cm³/mol. The highest BCUT2D eigenvalue weighted by Crippen LogP contribution is 2.18. The highest BCUT2D eigenvalue weighted by molar-refractivity contribution is 7.09. The smallest absolute Gasteiger partial charge is 0.237 e. The van der Waals surface area contributed by atoms with Gasteiger partial charge in [0.25, 0.3) is 0 Å². The third kappa shape index (κ3) is 4.16. The molecule has 4 nitrogen and oxygen atoms in total. The number of nitrogens with one attached hydrogen (secondary N) is 1. The summed E-state index contributed by atoms with van der Waals surface area (Å²) in [6.45, 7) is 8.52. The molecule has 1 aromatic carbocycles. The number of hydrogen-bond acceptors (Lipinski definition) is 4. The van der Waals surface area contributed by atoms with Crippen molar-refractivity contribution in [2.24, 2.45) is 0 Å². The fraction of sp³-hybridized carbons (Fsp3) is 0.421. The second kappa shape index (κ2) is 7.81. The van der Waals surface area contributed by atoms with E-state index in [1.165, 1.54) is 16.1 Å². The zero-order valence-electron chi connectivity index (χ0n) is 14.4. The minimum atomic E-state index is -0.0791. The summed E-state index contributed by atoms with van der Waals surface area (Å²) in [6, 6.07) is 12.6. The molecule has 0 saturated carbocycles. The van der Waals surface area contributed by atoms with E-state index in [9.17, 15) is 4.79 Å². The van der Waals surface area contributed by atoms with Crippen LogP contribution in [0.2, 0.25) is 0 Å². The quantitative estimate of drug-likeness (QED) is 0.907. The molecule has 0 spiro atoms. The predicted octanol–water partition coefficient (Wildman–Crippen LogP) is 2.88. The Morgan fingerprint density at radius 3 is 2.67 bits per heavy atom. The van der Waals surface area contributed by atoms with E-state index in [-0.39, 0.29) is 11.9 Å². The molecule has 1 aliphatic rings. The van der Waals surface area contributed by atoms with Gasteiger partial charge in [-0.05, 0) is 43.0 Å². The van der Waals surface area contributed by atoms with Crippen LogP contribution in [-0.4, -0.2) is 43.0 Å². The number of rotatable bonds is 5. The third-order valence-electron chi connectivity index (χ3n) is 4.63. The molecule has 1 atom stereocenters. The van der Waals surface area contributed by atoms with E-state index >= 15 is 0 Å². The molecule has 1 aromatic heterocycles. The Hall–Kier alpha value is -1.85. The number of piperazine rings is 1. The standard InChI is InChI=1S/C19H25N3OS/c1-15-5-3-6-17(13-15)22-10-8-21(9-11-22)16(2)19(23)20-14-18-7-4-12-24-18/h3-7,12-13,16H,8-11,14H2,1-2H3,(H,20,23). The first-order valence-corrected chi connectivity index (χ1v) is 9.37. The van der Waals surface area contributed by atoms with Crippen molar-refractivity contribution >= 4 is 22.9 Å². The van der Waals surface area contributed by atoms with Gasteiger partial charge in [-0.2, -0.15) is 0 Å². The molecule has 128 valence electrons. The first kappa shape index (κ1) is 17.0. The SMILES string of the molecule is Cc1cccc(N2CCN(C(C)C(=O)NCc3cccs3)CC2)c1. The van der Waals surface area contributed by atoms with E-state index in [1.54, 1.807) is 11.3 Å². The lowest BCUT2D eigenvalue weighted by Crippen LogP contribution is -2.53. The molecule has 1 fully saturated rings. The van der Waals surface area contributed by atoms with Crippen molar-refractivity contribution in [2.75, 3.05) is 31.1 Å². The van der Waals surface area contributed by atoms with Gasteiger partial charge < -0.3 is 10.2 Å². The number of anilines is 1. The number of benzene rings is 1. The van der Waals surface area contributed by atoms with Crippen molar-refractivity contribution in [1.29, 1.82) is 0 Å². The molecule has 1 amide bonds. The van der Waals surface area contributed by atoms with Gasteiger partial charge in [-0.25, -0.2) is 0 Å². The Balaban J connectivity index is 1.49. The molecule has 1 N–H and O–H groups in total. The second-order valence-electron chi connectivity index (χ2n) is 6.34. The van der Waals surface area contributed by atoms with E-state index < -0.39 is 0 Å². The van der Waals surface area contributed by atoms with Crippen LogP contribution in [0.3, 0.4) is 0 Å². The third-order valence-corrected chi connectivity index (χ3v) is 5.50. The van der Waals surface area contributed by atoms with Crippen LogP contribution in [0.5, 0.6) is 0 Å². The number of carbonyl (C=O) groups is 1. The van der Waals surface area contributed by atoms with E-state index in [4.69, 9.17) is 0 Å². The molecule has 0 radical (unpaired) electrons. The summed E-state index contributed by atoms with van der Waals surface area (Å²) in [7, 11) is 0. The molecule has 2 heterocycles. The first-order valence-electron chi connectivity index (χ1n) is 8.49. The van der Waals surface area contributed by atoms with Crippen LogP contribution < -0.4 is 10.2 Å². The Morgan fingerprint density at radius 1 is 1.21 bits per heavy atom. The van der Waals surface area contributed by atoms with E-state index in [1.807, 2.05) is 18.4 Å². The summed E-state index contributed by atoms with van der Waals surface area (Å²) in [5.74, 6) is 0.118. The van der Waals surface area contributed by atoms with Crippen LogP contribution in [0.1, 0.15) is 17.4 Å². The highest BCUT2D eigenvalue weighted by Gasteiger charge is 2.25. The van der Waals surface area contributed by atoms with Crippen molar-refractivity contribution in [3.63, 3.8) is 0 Å². The molecule has 5 heteroatoms. The van der Waals surface area contributed by atoms with Gasteiger partial charge in [0.05, 0.1) is 12.6 Å².